The number of carbonyl (C=O) groups is 2. The molecule has 2 aliphatic heterocycles. The van der Waals surface area contributed by atoms with Gasteiger partial charge in [-0.1, -0.05) is 13.8 Å². The standard InChI is InChI=1S/C24H37N3O5S/c1-4-32-21-6-8-22(9-7-21)33(30,31)27-13-11-20(12-14-27)24(29)26-17-15-25(16-18-26)23(28)10-5-19(2)3/h6-9,19-20H,4-5,10-18H2,1-3H3. The predicted molar refractivity (Wildman–Crippen MR) is 126 cm³/mol. The number of hydrogen-bond acceptors (Lipinski definition) is 5. The van der Waals surface area contributed by atoms with Crippen LogP contribution in [0.15, 0.2) is 29.2 Å². The Balaban J connectivity index is 1.48. The molecular weight excluding hydrogens is 442 g/mol. The second kappa shape index (κ2) is 11.3. The maximum absolute atomic E-state index is 13.0. The molecule has 0 radical (unpaired) electrons. The van der Waals surface area contributed by atoms with Crippen LogP contribution in [0.1, 0.15) is 46.5 Å². The molecule has 33 heavy (non-hydrogen) atoms. The number of nitrogens with zero attached hydrogens (tertiary/aromatic N) is 3. The zero-order valence-electron chi connectivity index (χ0n) is 20.0. The van der Waals surface area contributed by atoms with Crippen molar-refractivity contribution in [3.63, 3.8) is 0 Å². The van der Waals surface area contributed by atoms with E-state index in [0.717, 1.165) is 6.42 Å². The van der Waals surface area contributed by atoms with Crippen LogP contribution in [0.2, 0.25) is 0 Å². The van der Waals surface area contributed by atoms with Crippen LogP contribution in [-0.4, -0.2) is 80.2 Å². The normalized spacial score (nSPS) is 18.5. The summed E-state index contributed by atoms with van der Waals surface area (Å²) in [6.45, 7) is 9.55. The summed E-state index contributed by atoms with van der Waals surface area (Å²) in [5.74, 6) is 1.23. The van der Waals surface area contributed by atoms with Gasteiger partial charge in [0.2, 0.25) is 21.8 Å². The first-order valence-corrected chi connectivity index (χ1v) is 13.5. The Bertz CT molecular complexity index is 901. The number of ether oxygens (including phenoxy) is 1. The molecule has 1 aromatic rings. The highest BCUT2D eigenvalue weighted by molar-refractivity contribution is 7.89. The Morgan fingerprint density at radius 1 is 0.970 bits per heavy atom. The quantitative estimate of drug-likeness (QED) is 0.572. The van der Waals surface area contributed by atoms with E-state index in [1.807, 2.05) is 16.7 Å². The third-order valence-corrected chi connectivity index (χ3v) is 8.37. The van der Waals surface area contributed by atoms with Gasteiger partial charge < -0.3 is 14.5 Å². The molecule has 2 amide bonds. The molecule has 0 aliphatic carbocycles. The van der Waals surface area contributed by atoms with Gasteiger partial charge in [-0.2, -0.15) is 4.31 Å². The highest BCUT2D eigenvalue weighted by Crippen LogP contribution is 2.26. The van der Waals surface area contributed by atoms with E-state index >= 15 is 0 Å². The number of amides is 2. The maximum atomic E-state index is 13.0. The molecular formula is C24H37N3O5S. The Morgan fingerprint density at radius 2 is 1.55 bits per heavy atom. The average molecular weight is 480 g/mol. The molecule has 9 heteroatoms. The lowest BCUT2D eigenvalue weighted by molar-refractivity contribution is -0.143. The molecule has 0 aromatic heterocycles. The monoisotopic (exact) mass is 479 g/mol. The Kier molecular flexibility index (Phi) is 8.75. The lowest BCUT2D eigenvalue weighted by atomic mass is 9.96. The smallest absolute Gasteiger partial charge is 0.243 e. The van der Waals surface area contributed by atoms with Crippen molar-refractivity contribution >= 4 is 21.8 Å². The van der Waals surface area contributed by atoms with Gasteiger partial charge in [-0.05, 0) is 56.4 Å². The third kappa shape index (κ3) is 6.47. The van der Waals surface area contributed by atoms with Gasteiger partial charge in [0.25, 0.3) is 0 Å². The summed E-state index contributed by atoms with van der Waals surface area (Å²) >= 11 is 0. The summed E-state index contributed by atoms with van der Waals surface area (Å²) in [7, 11) is -3.59. The van der Waals surface area contributed by atoms with Crippen molar-refractivity contribution < 1.29 is 22.7 Å². The summed E-state index contributed by atoms with van der Waals surface area (Å²) in [5.41, 5.74) is 0. The number of hydrogen-bond donors (Lipinski definition) is 0. The minimum absolute atomic E-state index is 0.0856. The minimum Gasteiger partial charge on any atom is -0.494 e. The van der Waals surface area contributed by atoms with Crippen LogP contribution < -0.4 is 4.74 Å². The van der Waals surface area contributed by atoms with Gasteiger partial charge in [0.1, 0.15) is 5.75 Å². The molecule has 2 fully saturated rings. The lowest BCUT2D eigenvalue weighted by Crippen LogP contribution is -2.53. The Morgan fingerprint density at radius 3 is 2.09 bits per heavy atom. The first-order chi connectivity index (χ1) is 15.7. The molecule has 0 saturated carbocycles. The third-order valence-electron chi connectivity index (χ3n) is 6.46. The van der Waals surface area contributed by atoms with Gasteiger partial charge in [-0.15, -0.1) is 0 Å². The van der Waals surface area contributed by atoms with Crippen LogP contribution in [0.3, 0.4) is 0 Å². The van der Waals surface area contributed by atoms with Gasteiger partial charge >= 0.3 is 0 Å². The predicted octanol–water partition coefficient (Wildman–Crippen LogP) is 2.59. The van der Waals surface area contributed by atoms with Crippen LogP contribution in [0.4, 0.5) is 0 Å². The van der Waals surface area contributed by atoms with Gasteiger partial charge in [-0.3, -0.25) is 9.59 Å². The van der Waals surface area contributed by atoms with Crippen LogP contribution in [-0.2, 0) is 19.6 Å². The SMILES string of the molecule is CCOc1ccc(S(=O)(=O)N2CCC(C(=O)N3CCN(C(=O)CCC(C)C)CC3)CC2)cc1. The average Bonchev–Trinajstić information content (AvgIpc) is 2.83. The lowest BCUT2D eigenvalue weighted by Gasteiger charge is -2.38. The van der Waals surface area contributed by atoms with Crippen molar-refractivity contribution in [1.82, 2.24) is 14.1 Å². The van der Waals surface area contributed by atoms with E-state index in [1.165, 1.54) is 4.31 Å². The molecule has 3 rings (SSSR count). The van der Waals surface area contributed by atoms with Crippen molar-refractivity contribution in [2.45, 2.75) is 51.3 Å². The fourth-order valence-corrected chi connectivity index (χ4v) is 5.84. The molecule has 0 unspecified atom stereocenters. The minimum atomic E-state index is -3.59. The second-order valence-electron chi connectivity index (χ2n) is 9.22. The summed E-state index contributed by atoms with van der Waals surface area (Å²) < 4.78 is 32.8. The van der Waals surface area contributed by atoms with E-state index in [1.54, 1.807) is 24.3 Å². The molecule has 184 valence electrons. The number of benzene rings is 1. The fourth-order valence-electron chi connectivity index (χ4n) is 4.37. The second-order valence-corrected chi connectivity index (χ2v) is 11.2. The number of piperidine rings is 1. The summed E-state index contributed by atoms with van der Waals surface area (Å²) in [6.07, 6.45) is 2.48. The summed E-state index contributed by atoms with van der Waals surface area (Å²) in [6, 6.07) is 6.47. The molecule has 1 aromatic carbocycles. The van der Waals surface area contributed by atoms with E-state index in [9.17, 15) is 18.0 Å². The van der Waals surface area contributed by atoms with Crippen molar-refractivity contribution in [2.75, 3.05) is 45.9 Å². The zero-order chi connectivity index (χ0) is 24.0. The Labute approximate surface area is 197 Å². The van der Waals surface area contributed by atoms with Gasteiger partial charge in [0, 0.05) is 51.6 Å². The highest BCUT2D eigenvalue weighted by atomic mass is 32.2. The Hall–Kier alpha value is -2.13. The molecule has 0 bridgehead atoms. The summed E-state index contributed by atoms with van der Waals surface area (Å²) in [5, 5.41) is 0. The number of rotatable bonds is 8. The molecule has 2 saturated heterocycles. The number of piperazine rings is 1. The molecule has 0 atom stereocenters. The van der Waals surface area contributed by atoms with E-state index in [0.29, 0.717) is 76.8 Å². The topological polar surface area (TPSA) is 87.2 Å². The van der Waals surface area contributed by atoms with Gasteiger partial charge in [-0.25, -0.2) is 8.42 Å². The van der Waals surface area contributed by atoms with E-state index in [4.69, 9.17) is 4.74 Å². The van der Waals surface area contributed by atoms with Crippen molar-refractivity contribution in [2.24, 2.45) is 11.8 Å². The molecule has 0 spiro atoms. The molecule has 2 aliphatic rings. The number of sulfonamides is 1. The largest absolute Gasteiger partial charge is 0.494 e. The first kappa shape index (κ1) is 25.5. The van der Waals surface area contributed by atoms with Gasteiger partial charge in [0.05, 0.1) is 11.5 Å². The van der Waals surface area contributed by atoms with Crippen molar-refractivity contribution in [3.05, 3.63) is 24.3 Å². The molecule has 2 heterocycles. The van der Waals surface area contributed by atoms with Crippen molar-refractivity contribution in [3.8, 4) is 5.75 Å². The maximum Gasteiger partial charge on any atom is 0.243 e. The summed E-state index contributed by atoms with van der Waals surface area (Å²) in [4.78, 5) is 29.3. The van der Waals surface area contributed by atoms with Crippen LogP contribution in [0.5, 0.6) is 5.75 Å². The van der Waals surface area contributed by atoms with Crippen molar-refractivity contribution in [1.29, 1.82) is 0 Å². The molecule has 8 nitrogen and oxygen atoms in total. The first-order valence-electron chi connectivity index (χ1n) is 12.0. The van der Waals surface area contributed by atoms with Crippen LogP contribution >= 0.6 is 0 Å². The van der Waals surface area contributed by atoms with E-state index in [2.05, 4.69) is 13.8 Å². The van der Waals surface area contributed by atoms with Gasteiger partial charge in [0.15, 0.2) is 0 Å². The number of carbonyl (C=O) groups excluding carboxylic acids is 2. The molecule has 0 N–H and O–H groups in total. The van der Waals surface area contributed by atoms with E-state index in [-0.39, 0.29) is 22.6 Å². The van der Waals surface area contributed by atoms with E-state index < -0.39 is 10.0 Å². The van der Waals surface area contributed by atoms with Crippen LogP contribution in [0, 0.1) is 11.8 Å². The fraction of sp³-hybridized carbons (Fsp3) is 0.667. The van der Waals surface area contributed by atoms with Crippen LogP contribution in [0.25, 0.3) is 0 Å². The highest BCUT2D eigenvalue weighted by Gasteiger charge is 2.35. The zero-order valence-corrected chi connectivity index (χ0v) is 20.8.